The summed E-state index contributed by atoms with van der Waals surface area (Å²) < 4.78 is 5.28. The van der Waals surface area contributed by atoms with E-state index in [1.54, 1.807) is 4.90 Å². The van der Waals surface area contributed by atoms with Crippen molar-refractivity contribution in [3.05, 3.63) is 0 Å². The van der Waals surface area contributed by atoms with Crippen LogP contribution >= 0.6 is 0 Å². The summed E-state index contributed by atoms with van der Waals surface area (Å²) in [5, 5.41) is 12.3. The zero-order valence-corrected chi connectivity index (χ0v) is 11.4. The molecule has 2 atom stereocenters. The number of likely N-dealkylation sites (tertiary alicyclic amines) is 1. The molecule has 20 heavy (non-hydrogen) atoms. The highest BCUT2D eigenvalue weighted by atomic mass is 16.5. The zero-order valence-electron chi connectivity index (χ0n) is 11.4. The van der Waals surface area contributed by atoms with Crippen molar-refractivity contribution in [2.24, 2.45) is 11.3 Å². The minimum absolute atomic E-state index is 0.0467. The molecule has 3 heterocycles. The first kappa shape index (κ1) is 13.4. The summed E-state index contributed by atoms with van der Waals surface area (Å²) >= 11 is 0. The van der Waals surface area contributed by atoms with Crippen LogP contribution in [0.4, 0.5) is 0 Å². The standard InChI is InChI=1S/C14H19N3O3/c15-9-14(3-6-20-7-4-14)13(19)17-5-1-2-10-11(17)8-16-12(10)18/h10-11H,1-8H2,(H,16,18). The highest BCUT2D eigenvalue weighted by Gasteiger charge is 2.49. The van der Waals surface area contributed by atoms with Gasteiger partial charge in [0, 0.05) is 26.3 Å². The van der Waals surface area contributed by atoms with Crippen molar-refractivity contribution in [3.63, 3.8) is 0 Å². The van der Waals surface area contributed by atoms with Gasteiger partial charge in [0.05, 0.1) is 18.0 Å². The van der Waals surface area contributed by atoms with Crippen LogP contribution in [0.1, 0.15) is 25.7 Å². The fourth-order valence-electron chi connectivity index (χ4n) is 3.57. The topological polar surface area (TPSA) is 82.4 Å². The van der Waals surface area contributed by atoms with Gasteiger partial charge in [0.2, 0.25) is 11.8 Å². The molecule has 3 saturated heterocycles. The average Bonchev–Trinajstić information content (AvgIpc) is 2.89. The lowest BCUT2D eigenvalue weighted by Crippen LogP contribution is -2.55. The predicted octanol–water partition coefficient (Wildman–Crippen LogP) is 0.0438. The summed E-state index contributed by atoms with van der Waals surface area (Å²) in [6.45, 7) is 2.09. The van der Waals surface area contributed by atoms with E-state index in [0.717, 1.165) is 12.8 Å². The Hall–Kier alpha value is -1.61. The summed E-state index contributed by atoms with van der Waals surface area (Å²) in [5.41, 5.74) is -0.953. The molecular formula is C14H19N3O3. The van der Waals surface area contributed by atoms with Gasteiger partial charge in [-0.1, -0.05) is 0 Å². The number of rotatable bonds is 1. The molecule has 0 aromatic rings. The van der Waals surface area contributed by atoms with Gasteiger partial charge >= 0.3 is 0 Å². The van der Waals surface area contributed by atoms with Crippen LogP contribution in [0.25, 0.3) is 0 Å². The number of hydrogen-bond donors (Lipinski definition) is 1. The van der Waals surface area contributed by atoms with Crippen molar-refractivity contribution in [2.45, 2.75) is 31.7 Å². The van der Waals surface area contributed by atoms with Crippen LogP contribution in [0.2, 0.25) is 0 Å². The molecule has 3 fully saturated rings. The van der Waals surface area contributed by atoms with Crippen molar-refractivity contribution >= 4 is 11.8 Å². The number of amides is 2. The molecule has 0 saturated carbocycles. The summed E-state index contributed by atoms with van der Waals surface area (Å²) in [5.74, 6) is -0.150. The number of carbonyl (C=O) groups is 2. The van der Waals surface area contributed by atoms with Gasteiger partial charge in [0.15, 0.2) is 0 Å². The van der Waals surface area contributed by atoms with Crippen molar-refractivity contribution in [3.8, 4) is 6.07 Å². The molecule has 108 valence electrons. The lowest BCUT2D eigenvalue weighted by atomic mass is 9.78. The minimum atomic E-state index is -0.953. The largest absolute Gasteiger partial charge is 0.381 e. The normalized spacial score (nSPS) is 32.1. The number of fused-ring (bicyclic) bond motifs is 1. The molecule has 0 bridgehead atoms. The molecule has 0 spiro atoms. The maximum absolute atomic E-state index is 12.9. The number of nitrogens with zero attached hydrogens (tertiary/aromatic N) is 2. The maximum atomic E-state index is 12.9. The van der Waals surface area contributed by atoms with E-state index in [0.29, 0.717) is 39.1 Å². The number of hydrogen-bond acceptors (Lipinski definition) is 4. The summed E-state index contributed by atoms with van der Waals surface area (Å²) in [4.78, 5) is 26.4. The molecule has 6 nitrogen and oxygen atoms in total. The number of nitrogens with one attached hydrogen (secondary N) is 1. The molecule has 0 aromatic heterocycles. The van der Waals surface area contributed by atoms with Crippen molar-refractivity contribution in [2.75, 3.05) is 26.3 Å². The Morgan fingerprint density at radius 2 is 2.20 bits per heavy atom. The molecule has 3 aliphatic rings. The monoisotopic (exact) mass is 277 g/mol. The first-order valence-electron chi connectivity index (χ1n) is 7.26. The molecule has 3 aliphatic heterocycles. The van der Waals surface area contributed by atoms with Gasteiger partial charge in [0.25, 0.3) is 0 Å². The quantitative estimate of drug-likeness (QED) is 0.734. The van der Waals surface area contributed by atoms with Gasteiger partial charge in [-0.05, 0) is 25.7 Å². The van der Waals surface area contributed by atoms with Gasteiger partial charge < -0.3 is 15.0 Å². The molecule has 2 amide bonds. The Bertz CT molecular complexity index is 465. The highest BCUT2D eigenvalue weighted by Crippen LogP contribution is 2.36. The van der Waals surface area contributed by atoms with Crippen LogP contribution in [0.15, 0.2) is 0 Å². The third-order valence-electron chi connectivity index (χ3n) is 4.83. The Morgan fingerprint density at radius 3 is 2.90 bits per heavy atom. The van der Waals surface area contributed by atoms with Gasteiger partial charge in [-0.15, -0.1) is 0 Å². The predicted molar refractivity (Wildman–Crippen MR) is 69.3 cm³/mol. The molecule has 3 rings (SSSR count). The number of piperidine rings is 1. The smallest absolute Gasteiger partial charge is 0.243 e. The zero-order chi connectivity index (χ0) is 14.2. The van der Waals surface area contributed by atoms with E-state index < -0.39 is 5.41 Å². The molecule has 1 N–H and O–H groups in total. The average molecular weight is 277 g/mol. The van der Waals surface area contributed by atoms with E-state index in [2.05, 4.69) is 11.4 Å². The van der Waals surface area contributed by atoms with Crippen LogP contribution in [0.3, 0.4) is 0 Å². The molecule has 6 heteroatoms. The van der Waals surface area contributed by atoms with Crippen molar-refractivity contribution < 1.29 is 14.3 Å². The van der Waals surface area contributed by atoms with E-state index in [9.17, 15) is 14.9 Å². The minimum Gasteiger partial charge on any atom is -0.381 e. The summed E-state index contributed by atoms with van der Waals surface area (Å²) in [7, 11) is 0. The fourth-order valence-corrected chi connectivity index (χ4v) is 3.57. The molecule has 2 unspecified atom stereocenters. The molecular weight excluding hydrogens is 258 g/mol. The van der Waals surface area contributed by atoms with E-state index in [1.807, 2.05) is 0 Å². The van der Waals surface area contributed by atoms with Crippen molar-refractivity contribution in [1.82, 2.24) is 10.2 Å². The first-order valence-corrected chi connectivity index (χ1v) is 7.26. The first-order chi connectivity index (χ1) is 9.68. The lowest BCUT2D eigenvalue weighted by molar-refractivity contribution is -0.148. The summed E-state index contributed by atoms with van der Waals surface area (Å²) in [6, 6.07) is 2.16. The number of carbonyl (C=O) groups excluding carboxylic acids is 2. The Morgan fingerprint density at radius 1 is 1.45 bits per heavy atom. The Labute approximate surface area is 118 Å². The van der Waals surface area contributed by atoms with E-state index >= 15 is 0 Å². The van der Waals surface area contributed by atoms with E-state index in [4.69, 9.17) is 4.74 Å². The molecule has 0 aliphatic carbocycles. The van der Waals surface area contributed by atoms with Crippen LogP contribution in [0, 0.1) is 22.7 Å². The van der Waals surface area contributed by atoms with Gasteiger partial charge in [-0.3, -0.25) is 9.59 Å². The Kier molecular flexibility index (Phi) is 3.38. The second-order valence-electron chi connectivity index (χ2n) is 5.87. The van der Waals surface area contributed by atoms with Crippen LogP contribution in [0.5, 0.6) is 0 Å². The SMILES string of the molecule is N#CC1(C(=O)N2CCCC3C(=O)NCC32)CCOCC1. The Balaban J connectivity index is 1.82. The van der Waals surface area contributed by atoms with Crippen LogP contribution in [-0.2, 0) is 14.3 Å². The van der Waals surface area contributed by atoms with Crippen molar-refractivity contribution in [1.29, 1.82) is 5.26 Å². The van der Waals surface area contributed by atoms with Gasteiger partial charge in [0.1, 0.15) is 5.41 Å². The third kappa shape index (κ3) is 1.97. The van der Waals surface area contributed by atoms with Crippen LogP contribution < -0.4 is 5.32 Å². The molecule has 0 aromatic carbocycles. The lowest BCUT2D eigenvalue weighted by Gasteiger charge is -2.41. The summed E-state index contributed by atoms with van der Waals surface area (Å²) in [6.07, 6.45) is 2.58. The fraction of sp³-hybridized carbons (Fsp3) is 0.786. The number of ether oxygens (including phenoxy) is 1. The molecule has 0 radical (unpaired) electrons. The number of nitriles is 1. The van der Waals surface area contributed by atoms with E-state index in [1.165, 1.54) is 0 Å². The maximum Gasteiger partial charge on any atom is 0.243 e. The van der Waals surface area contributed by atoms with Crippen LogP contribution in [-0.4, -0.2) is 49.1 Å². The second-order valence-corrected chi connectivity index (χ2v) is 5.87. The van der Waals surface area contributed by atoms with Gasteiger partial charge in [-0.25, -0.2) is 0 Å². The second kappa shape index (κ2) is 5.06. The highest BCUT2D eigenvalue weighted by molar-refractivity contribution is 5.88. The van der Waals surface area contributed by atoms with Gasteiger partial charge in [-0.2, -0.15) is 5.26 Å². The van der Waals surface area contributed by atoms with E-state index in [-0.39, 0.29) is 23.8 Å². The third-order valence-corrected chi connectivity index (χ3v) is 4.83.